The minimum absolute atomic E-state index is 0.0821. The van der Waals surface area contributed by atoms with Crippen LogP contribution in [0, 0.1) is 12.3 Å². The summed E-state index contributed by atoms with van der Waals surface area (Å²) in [4.78, 5) is 1.29. The SMILES string of the molecule is Cc1cc(C2(O)CCCC23CCOCC3)cs1. The lowest BCUT2D eigenvalue weighted by Gasteiger charge is -2.45. The highest BCUT2D eigenvalue weighted by Gasteiger charge is 2.55. The maximum absolute atomic E-state index is 11.2. The molecular weight excluding hydrogens is 232 g/mol. The lowest BCUT2D eigenvalue weighted by Crippen LogP contribution is -2.44. The third-order valence-electron chi connectivity index (χ3n) is 4.73. The lowest BCUT2D eigenvalue weighted by molar-refractivity contribution is -0.118. The van der Waals surface area contributed by atoms with E-state index in [0.717, 1.165) is 50.9 Å². The Bertz CT molecular complexity index is 406. The summed E-state index contributed by atoms with van der Waals surface area (Å²) in [5.41, 5.74) is 0.639. The largest absolute Gasteiger partial charge is 0.385 e. The van der Waals surface area contributed by atoms with Crippen LogP contribution in [0.25, 0.3) is 0 Å². The normalized spacial score (nSPS) is 32.1. The van der Waals surface area contributed by atoms with Gasteiger partial charge in [0, 0.05) is 23.5 Å². The van der Waals surface area contributed by atoms with Gasteiger partial charge in [-0.25, -0.2) is 0 Å². The van der Waals surface area contributed by atoms with Crippen LogP contribution in [-0.4, -0.2) is 18.3 Å². The van der Waals surface area contributed by atoms with Crippen LogP contribution in [0.5, 0.6) is 0 Å². The molecule has 2 nitrogen and oxygen atoms in total. The monoisotopic (exact) mass is 252 g/mol. The van der Waals surface area contributed by atoms with Crippen molar-refractivity contribution in [3.63, 3.8) is 0 Å². The standard InChI is InChI=1S/C14H20O2S/c1-11-9-12(10-17-11)14(15)4-2-3-13(14)5-7-16-8-6-13/h9-10,15H,2-8H2,1H3. The zero-order valence-electron chi connectivity index (χ0n) is 10.4. The predicted octanol–water partition coefficient (Wildman–Crippen LogP) is 3.22. The Morgan fingerprint density at radius 2 is 2.00 bits per heavy atom. The molecule has 17 heavy (non-hydrogen) atoms. The summed E-state index contributed by atoms with van der Waals surface area (Å²) in [7, 11) is 0. The third kappa shape index (κ3) is 1.67. The zero-order valence-corrected chi connectivity index (χ0v) is 11.2. The van der Waals surface area contributed by atoms with Gasteiger partial charge in [0.1, 0.15) is 0 Å². The van der Waals surface area contributed by atoms with Crippen LogP contribution in [-0.2, 0) is 10.3 Å². The molecule has 1 saturated carbocycles. The first-order valence-corrected chi connectivity index (χ1v) is 7.40. The minimum Gasteiger partial charge on any atom is -0.385 e. The maximum atomic E-state index is 11.2. The van der Waals surface area contributed by atoms with Gasteiger partial charge in [-0.3, -0.25) is 0 Å². The first-order chi connectivity index (χ1) is 8.16. The van der Waals surface area contributed by atoms with E-state index in [1.165, 1.54) is 4.88 Å². The van der Waals surface area contributed by atoms with Gasteiger partial charge in [-0.2, -0.15) is 0 Å². The van der Waals surface area contributed by atoms with Crippen LogP contribution in [0.1, 0.15) is 42.5 Å². The number of thiophene rings is 1. The van der Waals surface area contributed by atoms with Crippen LogP contribution in [0.15, 0.2) is 11.4 Å². The molecule has 0 aromatic carbocycles. The molecule has 1 aromatic heterocycles. The van der Waals surface area contributed by atoms with Crippen molar-refractivity contribution in [1.29, 1.82) is 0 Å². The van der Waals surface area contributed by atoms with Crippen LogP contribution in [0.2, 0.25) is 0 Å². The average Bonchev–Trinajstić information content (AvgIpc) is 2.88. The summed E-state index contributed by atoms with van der Waals surface area (Å²) < 4.78 is 5.48. The Morgan fingerprint density at radius 1 is 1.24 bits per heavy atom. The quantitative estimate of drug-likeness (QED) is 0.831. The number of hydrogen-bond donors (Lipinski definition) is 1. The predicted molar refractivity (Wildman–Crippen MR) is 69.3 cm³/mol. The molecule has 0 radical (unpaired) electrons. The molecule has 1 saturated heterocycles. The molecule has 2 fully saturated rings. The van der Waals surface area contributed by atoms with E-state index in [1.807, 2.05) is 0 Å². The van der Waals surface area contributed by atoms with Crippen molar-refractivity contribution in [3.05, 3.63) is 21.9 Å². The van der Waals surface area contributed by atoms with Crippen LogP contribution < -0.4 is 0 Å². The number of ether oxygens (including phenoxy) is 1. The molecule has 3 heteroatoms. The number of hydrogen-bond acceptors (Lipinski definition) is 3. The van der Waals surface area contributed by atoms with Gasteiger partial charge in [-0.05, 0) is 56.0 Å². The van der Waals surface area contributed by atoms with Gasteiger partial charge in [-0.1, -0.05) is 0 Å². The maximum Gasteiger partial charge on any atom is 0.0962 e. The average molecular weight is 252 g/mol. The van der Waals surface area contributed by atoms with E-state index in [-0.39, 0.29) is 5.41 Å². The molecule has 1 spiro atoms. The van der Waals surface area contributed by atoms with Crippen molar-refractivity contribution in [1.82, 2.24) is 0 Å². The second-order valence-corrected chi connectivity index (χ2v) is 6.67. The van der Waals surface area contributed by atoms with Crippen molar-refractivity contribution in [2.45, 2.75) is 44.6 Å². The summed E-state index contributed by atoms with van der Waals surface area (Å²) in [6, 6.07) is 2.17. The fraction of sp³-hybridized carbons (Fsp3) is 0.714. The molecule has 1 aliphatic carbocycles. The summed E-state index contributed by atoms with van der Waals surface area (Å²) in [6.45, 7) is 3.74. The second-order valence-electron chi connectivity index (χ2n) is 5.55. The van der Waals surface area contributed by atoms with Crippen molar-refractivity contribution < 1.29 is 9.84 Å². The molecular formula is C14H20O2S. The van der Waals surface area contributed by atoms with Crippen LogP contribution in [0.3, 0.4) is 0 Å². The Labute approximate surface area is 107 Å². The van der Waals surface area contributed by atoms with Gasteiger partial charge in [-0.15, -0.1) is 11.3 Å². The summed E-state index contributed by atoms with van der Waals surface area (Å²) in [5, 5.41) is 13.4. The minimum atomic E-state index is -0.596. The van der Waals surface area contributed by atoms with E-state index in [4.69, 9.17) is 4.74 Å². The smallest absolute Gasteiger partial charge is 0.0962 e. The van der Waals surface area contributed by atoms with E-state index < -0.39 is 5.60 Å². The highest BCUT2D eigenvalue weighted by Crippen LogP contribution is 2.58. The Morgan fingerprint density at radius 3 is 2.65 bits per heavy atom. The zero-order chi connectivity index (χ0) is 11.9. The topological polar surface area (TPSA) is 29.5 Å². The number of rotatable bonds is 1. The van der Waals surface area contributed by atoms with Gasteiger partial charge >= 0.3 is 0 Å². The fourth-order valence-corrected chi connectivity index (χ4v) is 4.46. The van der Waals surface area contributed by atoms with Crippen LogP contribution in [0.4, 0.5) is 0 Å². The molecule has 1 unspecified atom stereocenters. The van der Waals surface area contributed by atoms with E-state index in [2.05, 4.69) is 18.4 Å². The second kappa shape index (κ2) is 4.08. The summed E-state index contributed by atoms with van der Waals surface area (Å²) in [5.74, 6) is 0. The Hall–Kier alpha value is -0.380. The molecule has 0 amide bonds. The molecule has 3 rings (SSSR count). The molecule has 0 bridgehead atoms. The van der Waals surface area contributed by atoms with E-state index in [1.54, 1.807) is 11.3 Å². The first-order valence-electron chi connectivity index (χ1n) is 6.52. The molecule has 1 atom stereocenters. The molecule has 1 aromatic rings. The van der Waals surface area contributed by atoms with Crippen molar-refractivity contribution in [2.75, 3.05) is 13.2 Å². The van der Waals surface area contributed by atoms with E-state index in [0.29, 0.717) is 0 Å². The van der Waals surface area contributed by atoms with Gasteiger partial charge in [0.25, 0.3) is 0 Å². The lowest BCUT2D eigenvalue weighted by atomic mass is 9.66. The highest BCUT2D eigenvalue weighted by atomic mass is 32.1. The molecule has 2 aliphatic rings. The van der Waals surface area contributed by atoms with Gasteiger partial charge in [0.2, 0.25) is 0 Å². The molecule has 1 N–H and O–H groups in total. The molecule has 1 aliphatic heterocycles. The van der Waals surface area contributed by atoms with Crippen molar-refractivity contribution in [2.24, 2.45) is 5.41 Å². The fourth-order valence-electron chi connectivity index (χ4n) is 3.69. The van der Waals surface area contributed by atoms with Crippen molar-refractivity contribution in [3.8, 4) is 0 Å². The molecule has 2 heterocycles. The first kappa shape index (κ1) is 11.7. The van der Waals surface area contributed by atoms with Crippen molar-refractivity contribution >= 4 is 11.3 Å². The summed E-state index contributed by atoms with van der Waals surface area (Å²) >= 11 is 1.75. The third-order valence-corrected chi connectivity index (χ3v) is 5.59. The van der Waals surface area contributed by atoms with Gasteiger partial charge in [0.05, 0.1) is 5.60 Å². The van der Waals surface area contributed by atoms with E-state index in [9.17, 15) is 5.11 Å². The Balaban J connectivity index is 1.99. The van der Waals surface area contributed by atoms with Gasteiger partial charge < -0.3 is 9.84 Å². The number of aliphatic hydroxyl groups is 1. The highest BCUT2D eigenvalue weighted by molar-refractivity contribution is 7.10. The number of aryl methyl sites for hydroxylation is 1. The van der Waals surface area contributed by atoms with Crippen LogP contribution >= 0.6 is 11.3 Å². The van der Waals surface area contributed by atoms with E-state index >= 15 is 0 Å². The summed E-state index contributed by atoms with van der Waals surface area (Å²) in [6.07, 6.45) is 5.24. The van der Waals surface area contributed by atoms with Gasteiger partial charge in [0.15, 0.2) is 0 Å². The molecule has 94 valence electrons. The Kier molecular flexibility index (Phi) is 2.80.